The first kappa shape index (κ1) is 22.9. The van der Waals surface area contributed by atoms with Gasteiger partial charge >= 0.3 is 5.97 Å². The standard InChI is InChI=1S/C21H23FN2O6S/c1-13-6-7-18(8-14(13)2)31(28,29)24-11-17(25)10-19(24)21(27)30-12-20(26)23-16-5-3-4-15(22)9-16/h3-9,17,19,25H,10-12H2,1-2H3,(H,23,26)/t17?,19-/m0/s1. The number of halogens is 1. The number of rotatable bonds is 6. The van der Waals surface area contributed by atoms with E-state index in [1.54, 1.807) is 13.0 Å². The van der Waals surface area contributed by atoms with Gasteiger partial charge in [-0.1, -0.05) is 12.1 Å². The topological polar surface area (TPSA) is 113 Å². The molecule has 1 heterocycles. The molecule has 2 N–H and O–H groups in total. The second-order valence-corrected chi connectivity index (χ2v) is 9.28. The van der Waals surface area contributed by atoms with Gasteiger partial charge in [0.2, 0.25) is 10.0 Å². The van der Waals surface area contributed by atoms with Gasteiger partial charge in [0.1, 0.15) is 11.9 Å². The maximum Gasteiger partial charge on any atom is 0.325 e. The largest absolute Gasteiger partial charge is 0.454 e. The minimum atomic E-state index is -4.07. The quantitative estimate of drug-likeness (QED) is 0.649. The van der Waals surface area contributed by atoms with Crippen LogP contribution in [-0.2, 0) is 24.3 Å². The van der Waals surface area contributed by atoms with Crippen LogP contribution >= 0.6 is 0 Å². The summed E-state index contributed by atoms with van der Waals surface area (Å²) in [5.74, 6) is -2.19. The molecule has 3 rings (SSSR count). The lowest BCUT2D eigenvalue weighted by Crippen LogP contribution is -2.42. The molecule has 1 saturated heterocycles. The van der Waals surface area contributed by atoms with Gasteiger partial charge in [-0.15, -0.1) is 0 Å². The van der Waals surface area contributed by atoms with E-state index < -0.39 is 46.5 Å². The molecular weight excluding hydrogens is 427 g/mol. The summed E-state index contributed by atoms with van der Waals surface area (Å²) in [6, 6.07) is 8.54. The molecule has 10 heteroatoms. The highest BCUT2D eigenvalue weighted by atomic mass is 32.2. The normalized spacial score (nSPS) is 19.2. The highest BCUT2D eigenvalue weighted by Gasteiger charge is 2.44. The van der Waals surface area contributed by atoms with E-state index in [2.05, 4.69) is 5.32 Å². The van der Waals surface area contributed by atoms with E-state index in [9.17, 15) is 27.5 Å². The molecule has 0 bridgehead atoms. The van der Waals surface area contributed by atoms with Crippen LogP contribution in [-0.4, -0.2) is 55.0 Å². The van der Waals surface area contributed by atoms with Crippen LogP contribution < -0.4 is 5.32 Å². The summed E-state index contributed by atoms with van der Waals surface area (Å²) in [4.78, 5) is 24.5. The second kappa shape index (κ2) is 9.13. The van der Waals surface area contributed by atoms with Crippen LogP contribution in [0.25, 0.3) is 0 Å². The molecule has 8 nitrogen and oxygen atoms in total. The number of sulfonamides is 1. The number of carbonyl (C=O) groups is 2. The number of ether oxygens (including phenoxy) is 1. The molecular formula is C21H23FN2O6S. The third-order valence-corrected chi connectivity index (χ3v) is 6.92. The average molecular weight is 450 g/mol. The molecule has 1 fully saturated rings. The fourth-order valence-electron chi connectivity index (χ4n) is 3.27. The molecule has 0 saturated carbocycles. The third kappa shape index (κ3) is 5.27. The van der Waals surface area contributed by atoms with Crippen LogP contribution in [0.5, 0.6) is 0 Å². The summed E-state index contributed by atoms with van der Waals surface area (Å²) in [7, 11) is -4.07. The average Bonchev–Trinajstić information content (AvgIpc) is 3.11. The van der Waals surface area contributed by atoms with E-state index in [1.165, 1.54) is 30.3 Å². The minimum absolute atomic E-state index is 0.00588. The van der Waals surface area contributed by atoms with Crippen LogP contribution in [0.3, 0.4) is 0 Å². The van der Waals surface area contributed by atoms with Crippen molar-refractivity contribution in [3.8, 4) is 0 Å². The highest BCUT2D eigenvalue weighted by molar-refractivity contribution is 7.89. The van der Waals surface area contributed by atoms with Gasteiger partial charge in [0.25, 0.3) is 5.91 Å². The Balaban J connectivity index is 1.69. The van der Waals surface area contributed by atoms with E-state index in [1.807, 2.05) is 6.92 Å². The predicted octanol–water partition coefficient (Wildman–Crippen LogP) is 1.75. The number of esters is 1. The Morgan fingerprint density at radius 2 is 1.94 bits per heavy atom. The first-order chi connectivity index (χ1) is 14.6. The number of hydrogen-bond acceptors (Lipinski definition) is 6. The van der Waals surface area contributed by atoms with Gasteiger partial charge in [0, 0.05) is 18.7 Å². The molecule has 0 aliphatic carbocycles. The fourth-order valence-corrected chi connectivity index (χ4v) is 4.98. The molecule has 2 aromatic carbocycles. The van der Waals surface area contributed by atoms with Gasteiger partial charge in [0.15, 0.2) is 6.61 Å². The van der Waals surface area contributed by atoms with Crippen LogP contribution in [0, 0.1) is 19.7 Å². The molecule has 31 heavy (non-hydrogen) atoms. The van der Waals surface area contributed by atoms with Crippen LogP contribution in [0.1, 0.15) is 17.5 Å². The zero-order valence-electron chi connectivity index (χ0n) is 17.0. The van der Waals surface area contributed by atoms with Crippen LogP contribution in [0.2, 0.25) is 0 Å². The monoisotopic (exact) mass is 450 g/mol. The highest BCUT2D eigenvalue weighted by Crippen LogP contribution is 2.28. The first-order valence-corrected chi connectivity index (χ1v) is 11.0. The number of nitrogens with zero attached hydrogens (tertiary/aromatic N) is 1. The van der Waals surface area contributed by atoms with Gasteiger partial charge in [-0.25, -0.2) is 12.8 Å². The smallest absolute Gasteiger partial charge is 0.325 e. The number of anilines is 1. The molecule has 0 radical (unpaired) electrons. The Hall–Kier alpha value is -2.82. The van der Waals surface area contributed by atoms with Crippen molar-refractivity contribution in [1.29, 1.82) is 0 Å². The number of aliphatic hydroxyl groups excluding tert-OH is 1. The maximum atomic E-state index is 13.2. The summed E-state index contributed by atoms with van der Waals surface area (Å²) in [6.45, 7) is 2.68. The summed E-state index contributed by atoms with van der Waals surface area (Å²) >= 11 is 0. The van der Waals surface area contributed by atoms with Gasteiger partial charge in [-0.05, 0) is 55.3 Å². The number of benzene rings is 2. The number of amides is 1. The van der Waals surface area contributed by atoms with Gasteiger partial charge in [0.05, 0.1) is 11.0 Å². The summed E-state index contributed by atoms with van der Waals surface area (Å²) in [6.07, 6.45) is -1.19. The van der Waals surface area contributed by atoms with Crippen molar-refractivity contribution in [2.75, 3.05) is 18.5 Å². The number of carbonyl (C=O) groups excluding carboxylic acids is 2. The number of β-amino-alcohol motifs (C(OH)–C–C–N with tert-alkyl or cyclic N) is 1. The zero-order valence-corrected chi connectivity index (χ0v) is 17.9. The van der Waals surface area contributed by atoms with Crippen molar-refractivity contribution < 1.29 is 32.2 Å². The van der Waals surface area contributed by atoms with E-state index in [0.29, 0.717) is 0 Å². The van der Waals surface area contributed by atoms with Crippen molar-refractivity contribution in [3.63, 3.8) is 0 Å². The van der Waals surface area contributed by atoms with Crippen molar-refractivity contribution in [1.82, 2.24) is 4.31 Å². The van der Waals surface area contributed by atoms with E-state index in [-0.39, 0.29) is 23.5 Å². The molecule has 1 unspecified atom stereocenters. The molecule has 0 aromatic heterocycles. The Labute approximate surface area is 179 Å². The molecule has 2 atom stereocenters. The third-order valence-electron chi connectivity index (χ3n) is 5.04. The van der Waals surface area contributed by atoms with Crippen molar-refractivity contribution >= 4 is 27.6 Å². The zero-order chi connectivity index (χ0) is 22.8. The Kier molecular flexibility index (Phi) is 6.73. The minimum Gasteiger partial charge on any atom is -0.454 e. The van der Waals surface area contributed by atoms with Crippen LogP contribution in [0.4, 0.5) is 10.1 Å². The predicted molar refractivity (Wildman–Crippen MR) is 110 cm³/mol. The van der Waals surface area contributed by atoms with Crippen LogP contribution in [0.15, 0.2) is 47.4 Å². The molecule has 1 aliphatic rings. The van der Waals surface area contributed by atoms with Crippen molar-refractivity contribution in [2.24, 2.45) is 0 Å². The Morgan fingerprint density at radius 3 is 2.61 bits per heavy atom. The van der Waals surface area contributed by atoms with Gasteiger partial charge in [-0.3, -0.25) is 9.59 Å². The Morgan fingerprint density at radius 1 is 1.19 bits per heavy atom. The first-order valence-electron chi connectivity index (χ1n) is 9.57. The molecule has 2 aromatic rings. The molecule has 1 amide bonds. The lowest BCUT2D eigenvalue weighted by molar-refractivity contribution is -0.150. The second-order valence-electron chi connectivity index (χ2n) is 7.39. The summed E-state index contributed by atoms with van der Waals surface area (Å²) < 4.78 is 45.2. The molecule has 166 valence electrons. The maximum absolute atomic E-state index is 13.2. The van der Waals surface area contributed by atoms with Crippen molar-refractivity contribution in [2.45, 2.75) is 37.3 Å². The van der Waals surface area contributed by atoms with Crippen molar-refractivity contribution in [3.05, 3.63) is 59.4 Å². The SMILES string of the molecule is Cc1ccc(S(=O)(=O)N2CC(O)C[C@H]2C(=O)OCC(=O)Nc2cccc(F)c2)cc1C. The molecule has 0 spiro atoms. The van der Waals surface area contributed by atoms with E-state index in [0.717, 1.165) is 21.5 Å². The number of aryl methyl sites for hydroxylation is 2. The summed E-state index contributed by atoms with van der Waals surface area (Å²) in [5.41, 5.74) is 1.88. The summed E-state index contributed by atoms with van der Waals surface area (Å²) in [5, 5.41) is 12.4. The Bertz CT molecular complexity index is 1100. The molecule has 1 aliphatic heterocycles. The van der Waals surface area contributed by atoms with Gasteiger partial charge < -0.3 is 15.2 Å². The van der Waals surface area contributed by atoms with Gasteiger partial charge in [-0.2, -0.15) is 4.31 Å². The lowest BCUT2D eigenvalue weighted by atomic mass is 10.1. The lowest BCUT2D eigenvalue weighted by Gasteiger charge is -2.22. The van der Waals surface area contributed by atoms with E-state index in [4.69, 9.17) is 4.74 Å². The van der Waals surface area contributed by atoms with E-state index >= 15 is 0 Å². The number of nitrogens with one attached hydrogen (secondary N) is 1. The fraction of sp³-hybridized carbons (Fsp3) is 0.333. The number of hydrogen-bond donors (Lipinski definition) is 2. The number of aliphatic hydroxyl groups is 1.